The minimum atomic E-state index is -0.320. The maximum absolute atomic E-state index is 13.9. The Balaban J connectivity index is 1.63. The molecular formula is C30H32N4O. The van der Waals surface area contributed by atoms with Crippen LogP contribution >= 0.6 is 0 Å². The molecule has 0 saturated carbocycles. The van der Waals surface area contributed by atoms with E-state index in [-0.39, 0.29) is 17.4 Å². The van der Waals surface area contributed by atoms with Crippen LogP contribution in [-0.2, 0) is 10.2 Å². The van der Waals surface area contributed by atoms with Gasteiger partial charge in [0.2, 0.25) is 5.95 Å². The number of hydrogen-bond acceptors (Lipinski definition) is 3. The summed E-state index contributed by atoms with van der Waals surface area (Å²) in [5.74, 6) is 0.631. The summed E-state index contributed by atoms with van der Waals surface area (Å²) in [6, 6.07) is 22.3. The number of fused-ring (bicyclic) bond motifs is 3. The summed E-state index contributed by atoms with van der Waals surface area (Å²) in [7, 11) is 0. The average molecular weight is 465 g/mol. The number of nitrogens with zero attached hydrogens (tertiary/aromatic N) is 2. The van der Waals surface area contributed by atoms with Crippen LogP contribution in [0, 0.1) is 13.8 Å². The second-order valence-electron chi connectivity index (χ2n) is 10.5. The molecule has 2 N–H and O–H groups in total. The molecule has 35 heavy (non-hydrogen) atoms. The van der Waals surface area contributed by atoms with Gasteiger partial charge in [0, 0.05) is 11.4 Å². The number of hydrogen-bond donors (Lipinski definition) is 2. The number of aromatic nitrogens is 2. The lowest BCUT2D eigenvalue weighted by Crippen LogP contribution is -2.30. The van der Waals surface area contributed by atoms with E-state index in [9.17, 15) is 4.79 Å². The molecule has 5 nitrogen and oxygen atoms in total. The Labute approximate surface area is 206 Å². The number of anilines is 2. The molecule has 0 saturated heterocycles. The van der Waals surface area contributed by atoms with Gasteiger partial charge in [0.1, 0.15) is 0 Å². The predicted octanol–water partition coefficient (Wildman–Crippen LogP) is 6.99. The normalized spacial score (nSPS) is 15.7. The molecule has 0 spiro atoms. The highest BCUT2D eigenvalue weighted by molar-refractivity contribution is 6.10. The number of rotatable bonds is 3. The monoisotopic (exact) mass is 464 g/mol. The smallest absolute Gasteiger partial charge is 0.255 e. The van der Waals surface area contributed by atoms with Crippen LogP contribution in [0.3, 0.4) is 0 Å². The molecule has 1 aromatic heterocycles. The Morgan fingerprint density at radius 2 is 1.69 bits per heavy atom. The lowest BCUT2D eigenvalue weighted by molar-refractivity contribution is -0.113. The number of amides is 1. The molecule has 178 valence electrons. The van der Waals surface area contributed by atoms with Crippen molar-refractivity contribution in [2.45, 2.75) is 53.0 Å². The fourth-order valence-electron chi connectivity index (χ4n) is 4.86. The van der Waals surface area contributed by atoms with Gasteiger partial charge < -0.3 is 10.6 Å². The van der Waals surface area contributed by atoms with Crippen LogP contribution in [-0.4, -0.2) is 15.5 Å². The van der Waals surface area contributed by atoms with Gasteiger partial charge in [0.25, 0.3) is 5.91 Å². The second kappa shape index (κ2) is 8.42. The van der Waals surface area contributed by atoms with Crippen LogP contribution in [0.2, 0.25) is 0 Å². The van der Waals surface area contributed by atoms with Gasteiger partial charge in [-0.3, -0.25) is 9.36 Å². The van der Waals surface area contributed by atoms with Crippen LogP contribution in [0.15, 0.2) is 72.3 Å². The van der Waals surface area contributed by atoms with Crippen LogP contribution in [0.1, 0.15) is 56.0 Å². The number of carbonyl (C=O) groups excluding carboxylic acids is 1. The Morgan fingerprint density at radius 1 is 0.971 bits per heavy atom. The number of aryl methyl sites for hydroxylation is 2. The van der Waals surface area contributed by atoms with Crippen LogP contribution < -0.4 is 10.6 Å². The molecule has 2 heterocycles. The van der Waals surface area contributed by atoms with E-state index in [1.165, 1.54) is 11.1 Å². The molecule has 0 aliphatic carbocycles. The molecule has 1 atom stereocenters. The summed E-state index contributed by atoms with van der Waals surface area (Å²) in [5, 5.41) is 6.74. The maximum Gasteiger partial charge on any atom is 0.255 e. The molecule has 1 aliphatic rings. The van der Waals surface area contributed by atoms with Crippen molar-refractivity contribution < 1.29 is 4.79 Å². The van der Waals surface area contributed by atoms with Gasteiger partial charge in [-0.15, -0.1) is 0 Å². The zero-order chi connectivity index (χ0) is 24.9. The second-order valence-corrected chi connectivity index (χ2v) is 10.5. The Morgan fingerprint density at radius 3 is 2.37 bits per heavy atom. The Bertz CT molecular complexity index is 1470. The van der Waals surface area contributed by atoms with Gasteiger partial charge >= 0.3 is 0 Å². The fraction of sp³-hybridized carbons (Fsp3) is 0.267. The Hall–Kier alpha value is -3.86. The molecule has 0 fully saturated rings. The van der Waals surface area contributed by atoms with Crippen molar-refractivity contribution in [3.05, 3.63) is 94.6 Å². The third-order valence-electron chi connectivity index (χ3n) is 6.83. The first-order chi connectivity index (χ1) is 16.6. The zero-order valence-corrected chi connectivity index (χ0v) is 21.2. The highest BCUT2D eigenvalue weighted by Crippen LogP contribution is 2.39. The van der Waals surface area contributed by atoms with Gasteiger partial charge in [-0.05, 0) is 61.1 Å². The van der Waals surface area contributed by atoms with Gasteiger partial charge in [0.15, 0.2) is 0 Å². The van der Waals surface area contributed by atoms with E-state index in [0.29, 0.717) is 5.57 Å². The topological polar surface area (TPSA) is 59.0 Å². The summed E-state index contributed by atoms with van der Waals surface area (Å²) in [6.45, 7) is 12.7. The first-order valence-corrected chi connectivity index (χ1v) is 12.1. The van der Waals surface area contributed by atoms with Crippen LogP contribution in [0.25, 0.3) is 16.7 Å². The molecule has 3 aromatic carbocycles. The third-order valence-corrected chi connectivity index (χ3v) is 6.83. The SMILES string of the molecule is CC1=C(C(=O)Nc2ccc(C)cc2C)[C@H](c2ccc(C(C)(C)C)cc2)Nc2nc3ccccc3n21. The molecule has 5 rings (SSSR count). The number of carbonyl (C=O) groups is 1. The lowest BCUT2D eigenvalue weighted by atomic mass is 9.85. The minimum Gasteiger partial charge on any atom is -0.344 e. The van der Waals surface area contributed by atoms with Crippen LogP contribution in [0.4, 0.5) is 11.6 Å². The summed E-state index contributed by atoms with van der Waals surface area (Å²) >= 11 is 0. The summed E-state index contributed by atoms with van der Waals surface area (Å²) in [6.07, 6.45) is 0. The van der Waals surface area contributed by atoms with Gasteiger partial charge in [-0.1, -0.05) is 74.9 Å². The Kier molecular flexibility index (Phi) is 5.51. The molecule has 1 amide bonds. The quantitative estimate of drug-likeness (QED) is 0.344. The standard InChI is InChI=1S/C30H32N4O/c1-18-11-16-23(19(2)17-18)31-28(35)26-20(3)34-25-10-8-7-9-24(25)32-29(34)33-27(26)21-12-14-22(15-13-21)30(4,5)6/h7-17,27H,1-6H3,(H,31,35)(H,32,33)/t27-/m0/s1. The molecule has 4 aromatic rings. The number of nitrogens with one attached hydrogen (secondary N) is 2. The highest BCUT2D eigenvalue weighted by Gasteiger charge is 2.33. The first-order valence-electron chi connectivity index (χ1n) is 12.1. The van der Waals surface area contributed by atoms with E-state index in [0.717, 1.165) is 39.5 Å². The van der Waals surface area contributed by atoms with Crippen molar-refractivity contribution in [2.24, 2.45) is 0 Å². The number of imidazole rings is 1. The van der Waals surface area contributed by atoms with Crippen molar-refractivity contribution in [1.29, 1.82) is 0 Å². The molecule has 0 radical (unpaired) electrons. The maximum atomic E-state index is 13.9. The number of para-hydroxylation sites is 2. The van der Waals surface area contributed by atoms with Crippen molar-refractivity contribution in [3.63, 3.8) is 0 Å². The fourth-order valence-corrected chi connectivity index (χ4v) is 4.86. The molecule has 0 unspecified atom stereocenters. The average Bonchev–Trinajstić information content (AvgIpc) is 3.19. The zero-order valence-electron chi connectivity index (χ0n) is 21.2. The molecule has 0 bridgehead atoms. The molecular weight excluding hydrogens is 432 g/mol. The van der Waals surface area contributed by atoms with Crippen molar-refractivity contribution in [3.8, 4) is 0 Å². The highest BCUT2D eigenvalue weighted by atomic mass is 16.1. The van der Waals surface area contributed by atoms with Crippen molar-refractivity contribution in [2.75, 3.05) is 10.6 Å². The largest absolute Gasteiger partial charge is 0.344 e. The first kappa shape index (κ1) is 22.9. The van der Waals surface area contributed by atoms with E-state index in [1.54, 1.807) is 0 Å². The third kappa shape index (κ3) is 4.12. The van der Waals surface area contributed by atoms with Gasteiger partial charge in [-0.25, -0.2) is 4.98 Å². The van der Waals surface area contributed by atoms with Gasteiger partial charge in [0.05, 0.1) is 22.6 Å². The lowest BCUT2D eigenvalue weighted by Gasteiger charge is -2.30. The van der Waals surface area contributed by atoms with E-state index >= 15 is 0 Å². The van der Waals surface area contributed by atoms with E-state index < -0.39 is 0 Å². The van der Waals surface area contributed by atoms with Gasteiger partial charge in [-0.2, -0.15) is 0 Å². The number of benzene rings is 3. The van der Waals surface area contributed by atoms with E-state index in [4.69, 9.17) is 4.98 Å². The van der Waals surface area contributed by atoms with E-state index in [1.807, 2.05) is 54.8 Å². The minimum absolute atomic E-state index is 0.0570. The summed E-state index contributed by atoms with van der Waals surface area (Å²) < 4.78 is 2.05. The summed E-state index contributed by atoms with van der Waals surface area (Å²) in [5.41, 5.74) is 8.81. The predicted molar refractivity (Wildman–Crippen MR) is 145 cm³/mol. The molecule has 1 aliphatic heterocycles. The van der Waals surface area contributed by atoms with E-state index in [2.05, 4.69) is 68.7 Å². The van der Waals surface area contributed by atoms with Crippen molar-refractivity contribution >= 4 is 34.3 Å². The van der Waals surface area contributed by atoms with Crippen LogP contribution in [0.5, 0.6) is 0 Å². The summed E-state index contributed by atoms with van der Waals surface area (Å²) in [4.78, 5) is 18.7. The van der Waals surface area contributed by atoms with Crippen molar-refractivity contribution in [1.82, 2.24) is 9.55 Å². The number of allylic oxidation sites excluding steroid dienone is 1. The molecule has 5 heteroatoms.